The van der Waals surface area contributed by atoms with E-state index in [-0.39, 0.29) is 11.8 Å². The number of para-hydroxylation sites is 1. The molecule has 1 N–H and O–H groups in total. The van der Waals surface area contributed by atoms with E-state index in [1.807, 2.05) is 24.3 Å². The van der Waals surface area contributed by atoms with Crippen LogP contribution in [0.2, 0.25) is 0 Å². The number of nitrogens with one attached hydrogen (secondary N) is 1. The lowest BCUT2D eigenvalue weighted by atomic mass is 9.96. The minimum Gasteiger partial charge on any atom is -0.492 e. The number of nitrogens with zero attached hydrogens (tertiary/aromatic N) is 1. The van der Waals surface area contributed by atoms with E-state index in [1.165, 1.54) is 17.4 Å². The van der Waals surface area contributed by atoms with Crippen LogP contribution in [0.1, 0.15) is 21.6 Å². The molecule has 4 rings (SSSR count). The summed E-state index contributed by atoms with van der Waals surface area (Å²) in [5.41, 5.74) is 0.854. The van der Waals surface area contributed by atoms with Gasteiger partial charge in [0.15, 0.2) is 5.13 Å². The first-order chi connectivity index (χ1) is 13.9. The van der Waals surface area contributed by atoms with E-state index in [2.05, 4.69) is 10.3 Å². The molecular weight excluding hydrogens is 401 g/mol. The van der Waals surface area contributed by atoms with E-state index < -0.39 is 11.7 Å². The monoisotopic (exact) mass is 418 g/mol. The molecule has 2 aromatic carbocycles. The van der Waals surface area contributed by atoms with Crippen molar-refractivity contribution < 1.29 is 22.7 Å². The molecule has 4 nitrogen and oxygen atoms in total. The predicted octanol–water partition coefficient (Wildman–Crippen LogP) is 4.94. The van der Waals surface area contributed by atoms with E-state index in [4.69, 9.17) is 4.74 Å². The lowest BCUT2D eigenvalue weighted by Crippen LogP contribution is -2.32. The number of halogens is 3. The van der Waals surface area contributed by atoms with Gasteiger partial charge in [-0.25, -0.2) is 4.98 Å². The van der Waals surface area contributed by atoms with Crippen molar-refractivity contribution in [3.63, 3.8) is 0 Å². The molecule has 1 aromatic heterocycles. The second-order valence-corrected chi connectivity index (χ2v) is 7.93. The summed E-state index contributed by atoms with van der Waals surface area (Å²) in [7, 11) is 0. The number of ether oxygens (including phenoxy) is 1. The molecule has 150 valence electrons. The molecule has 1 atom stereocenters. The number of anilines is 1. The van der Waals surface area contributed by atoms with Gasteiger partial charge in [-0.05, 0) is 29.7 Å². The molecule has 0 fully saturated rings. The minimum absolute atomic E-state index is 0.181. The van der Waals surface area contributed by atoms with Gasteiger partial charge in [0.05, 0.1) is 11.5 Å². The number of hydrogen-bond donors (Lipinski definition) is 1. The lowest BCUT2D eigenvalue weighted by Gasteiger charge is -2.24. The molecule has 1 amide bonds. The van der Waals surface area contributed by atoms with E-state index in [1.54, 1.807) is 12.3 Å². The summed E-state index contributed by atoms with van der Waals surface area (Å²) >= 11 is 1.25. The highest BCUT2D eigenvalue weighted by molar-refractivity contribution is 7.15. The fourth-order valence-electron chi connectivity index (χ4n) is 3.21. The summed E-state index contributed by atoms with van der Waals surface area (Å²) in [5.74, 6) is 0.300. The standard InChI is InChI=1S/C21H17F3N2O2S/c22-21(23,24)16-6-3-4-13(8-16)9-17-11-25-20(29-17)26-19(27)15-10-14-5-1-2-7-18(14)28-12-15/h1-8,11,15H,9-10,12H2,(H,25,26,27)/t15-/m1/s1. The molecule has 1 aliphatic rings. The third kappa shape index (κ3) is 4.59. The van der Waals surface area contributed by atoms with Gasteiger partial charge >= 0.3 is 6.18 Å². The number of amides is 1. The van der Waals surface area contributed by atoms with Crippen LogP contribution in [0, 0.1) is 5.92 Å². The molecular formula is C21H17F3N2O2S. The number of thiazole rings is 1. The fraction of sp³-hybridized carbons (Fsp3) is 0.238. The van der Waals surface area contributed by atoms with E-state index in [0.29, 0.717) is 30.1 Å². The van der Waals surface area contributed by atoms with Gasteiger partial charge < -0.3 is 10.1 Å². The van der Waals surface area contributed by atoms with Crippen LogP contribution in [0.4, 0.5) is 18.3 Å². The first-order valence-corrected chi connectivity index (χ1v) is 9.82. The van der Waals surface area contributed by atoms with Crippen LogP contribution in [-0.4, -0.2) is 17.5 Å². The van der Waals surface area contributed by atoms with Crippen molar-refractivity contribution in [1.29, 1.82) is 0 Å². The molecule has 2 heterocycles. The average molecular weight is 418 g/mol. The first-order valence-electron chi connectivity index (χ1n) is 9.01. The number of fused-ring (bicyclic) bond motifs is 1. The zero-order valence-corrected chi connectivity index (χ0v) is 16.0. The summed E-state index contributed by atoms with van der Waals surface area (Å²) < 4.78 is 44.2. The molecule has 0 unspecified atom stereocenters. The summed E-state index contributed by atoms with van der Waals surface area (Å²) in [4.78, 5) is 17.5. The van der Waals surface area contributed by atoms with Gasteiger partial charge in [-0.3, -0.25) is 4.79 Å². The van der Waals surface area contributed by atoms with E-state index >= 15 is 0 Å². The zero-order chi connectivity index (χ0) is 20.4. The molecule has 0 bridgehead atoms. The van der Waals surface area contributed by atoms with Crippen LogP contribution in [0.25, 0.3) is 0 Å². The average Bonchev–Trinajstić information content (AvgIpc) is 3.13. The maximum Gasteiger partial charge on any atom is 0.416 e. The summed E-state index contributed by atoms with van der Waals surface area (Å²) in [6, 6.07) is 12.8. The van der Waals surface area contributed by atoms with Crippen molar-refractivity contribution in [3.8, 4) is 5.75 Å². The number of aromatic nitrogens is 1. The number of carbonyl (C=O) groups excluding carboxylic acids is 1. The third-order valence-corrected chi connectivity index (χ3v) is 5.58. The maximum atomic E-state index is 12.9. The van der Waals surface area contributed by atoms with Crippen LogP contribution in [0.3, 0.4) is 0 Å². The molecule has 0 saturated heterocycles. The predicted molar refractivity (Wildman–Crippen MR) is 104 cm³/mol. The summed E-state index contributed by atoms with van der Waals surface area (Å²) in [6.07, 6.45) is -1.89. The SMILES string of the molecule is O=C(Nc1ncc(Cc2cccc(C(F)(F)F)c2)s1)[C@H]1COc2ccccc2C1. The lowest BCUT2D eigenvalue weighted by molar-refractivity contribution is -0.137. The highest BCUT2D eigenvalue weighted by Crippen LogP contribution is 2.31. The highest BCUT2D eigenvalue weighted by Gasteiger charge is 2.30. The van der Waals surface area contributed by atoms with E-state index in [0.717, 1.165) is 28.3 Å². The molecule has 0 radical (unpaired) electrons. The molecule has 8 heteroatoms. The Morgan fingerprint density at radius 2 is 2.03 bits per heavy atom. The van der Waals surface area contributed by atoms with Crippen molar-refractivity contribution >= 4 is 22.4 Å². The number of rotatable bonds is 4. The van der Waals surface area contributed by atoms with Crippen molar-refractivity contribution in [3.05, 3.63) is 76.3 Å². The smallest absolute Gasteiger partial charge is 0.416 e. The number of alkyl halides is 3. The normalized spacial score (nSPS) is 16.0. The van der Waals surface area contributed by atoms with Gasteiger partial charge in [0, 0.05) is 17.5 Å². The van der Waals surface area contributed by atoms with Gasteiger partial charge in [-0.2, -0.15) is 13.2 Å². The molecule has 3 aromatic rings. The Hall–Kier alpha value is -2.87. The van der Waals surface area contributed by atoms with Gasteiger partial charge in [-0.1, -0.05) is 36.4 Å². The van der Waals surface area contributed by atoms with Gasteiger partial charge in [0.25, 0.3) is 0 Å². The van der Waals surface area contributed by atoms with Crippen molar-refractivity contribution in [2.24, 2.45) is 5.92 Å². The van der Waals surface area contributed by atoms with Gasteiger partial charge in [0.2, 0.25) is 5.91 Å². The fourth-order valence-corrected chi connectivity index (χ4v) is 4.06. The Morgan fingerprint density at radius 3 is 2.86 bits per heavy atom. The van der Waals surface area contributed by atoms with Crippen LogP contribution in [0.5, 0.6) is 5.75 Å². The van der Waals surface area contributed by atoms with Gasteiger partial charge in [0.1, 0.15) is 12.4 Å². The van der Waals surface area contributed by atoms with Crippen LogP contribution in [-0.2, 0) is 23.8 Å². The molecule has 0 saturated carbocycles. The minimum atomic E-state index is -4.37. The Morgan fingerprint density at radius 1 is 1.21 bits per heavy atom. The quantitative estimate of drug-likeness (QED) is 0.653. The second kappa shape index (κ2) is 7.87. The Bertz CT molecular complexity index is 1030. The number of carbonyl (C=O) groups is 1. The van der Waals surface area contributed by atoms with Crippen molar-refractivity contribution in [2.75, 3.05) is 11.9 Å². The molecule has 0 spiro atoms. The largest absolute Gasteiger partial charge is 0.492 e. The highest BCUT2D eigenvalue weighted by atomic mass is 32.1. The van der Waals surface area contributed by atoms with Crippen LogP contribution < -0.4 is 10.1 Å². The molecule has 29 heavy (non-hydrogen) atoms. The third-order valence-electron chi connectivity index (χ3n) is 4.67. The van der Waals surface area contributed by atoms with Crippen LogP contribution >= 0.6 is 11.3 Å². The van der Waals surface area contributed by atoms with Crippen LogP contribution in [0.15, 0.2) is 54.7 Å². The second-order valence-electron chi connectivity index (χ2n) is 6.82. The van der Waals surface area contributed by atoms with Crippen molar-refractivity contribution in [2.45, 2.75) is 19.0 Å². The molecule has 0 aliphatic carbocycles. The molecule has 1 aliphatic heterocycles. The van der Waals surface area contributed by atoms with Gasteiger partial charge in [-0.15, -0.1) is 11.3 Å². The topological polar surface area (TPSA) is 51.2 Å². The van der Waals surface area contributed by atoms with E-state index in [9.17, 15) is 18.0 Å². The Labute approximate surface area is 169 Å². The summed E-state index contributed by atoms with van der Waals surface area (Å²) in [6.45, 7) is 0.297. The first kappa shape index (κ1) is 19.4. The summed E-state index contributed by atoms with van der Waals surface area (Å²) in [5, 5.41) is 3.22. The Kier molecular flexibility index (Phi) is 5.27. The Balaban J connectivity index is 1.39. The maximum absolute atomic E-state index is 12.9. The zero-order valence-electron chi connectivity index (χ0n) is 15.2. The number of benzene rings is 2. The number of hydrogen-bond acceptors (Lipinski definition) is 4. The van der Waals surface area contributed by atoms with Crippen molar-refractivity contribution in [1.82, 2.24) is 4.98 Å².